The van der Waals surface area contributed by atoms with Crippen LogP contribution in [-0.4, -0.2) is 42.5 Å². The second-order valence-corrected chi connectivity index (χ2v) is 7.68. The molecule has 3 amide bonds. The number of likely N-dealkylation sites (tertiary alicyclic amines) is 1. The summed E-state index contributed by atoms with van der Waals surface area (Å²) >= 11 is 0. The lowest BCUT2D eigenvalue weighted by Crippen LogP contribution is -2.57. The van der Waals surface area contributed by atoms with Gasteiger partial charge in [-0.05, 0) is 55.2 Å². The van der Waals surface area contributed by atoms with Gasteiger partial charge in [0.2, 0.25) is 5.91 Å². The fourth-order valence-corrected chi connectivity index (χ4v) is 4.29. The van der Waals surface area contributed by atoms with Crippen LogP contribution in [0.25, 0.3) is 0 Å². The lowest BCUT2D eigenvalue weighted by Gasteiger charge is -2.45. The zero-order valence-electron chi connectivity index (χ0n) is 16.9. The molecule has 0 aliphatic carbocycles. The molecule has 0 bridgehead atoms. The van der Waals surface area contributed by atoms with E-state index < -0.39 is 5.54 Å². The summed E-state index contributed by atoms with van der Waals surface area (Å²) in [4.78, 5) is 38.4. The molecule has 2 aliphatic heterocycles. The maximum atomic E-state index is 12.7. The van der Waals surface area contributed by atoms with Crippen molar-refractivity contribution in [1.82, 2.24) is 10.2 Å². The Morgan fingerprint density at radius 3 is 2.50 bits per heavy atom. The number of carbonyl (C=O) groups is 3. The predicted molar refractivity (Wildman–Crippen MR) is 112 cm³/mol. The van der Waals surface area contributed by atoms with Gasteiger partial charge in [-0.3, -0.25) is 4.79 Å². The molecule has 0 unspecified atom stereocenters. The largest absolute Gasteiger partial charge is 0.462 e. The van der Waals surface area contributed by atoms with Crippen molar-refractivity contribution in [2.75, 3.05) is 25.0 Å². The molecule has 2 aromatic carbocycles. The summed E-state index contributed by atoms with van der Waals surface area (Å²) in [5, 5.41) is 6.06. The normalized spacial score (nSPS) is 17.1. The highest BCUT2D eigenvalue weighted by atomic mass is 16.5. The number of ether oxygens (including phenoxy) is 1. The van der Waals surface area contributed by atoms with Gasteiger partial charge in [0.1, 0.15) is 0 Å². The molecule has 2 aliphatic rings. The molecule has 156 valence electrons. The molecule has 0 aromatic heterocycles. The maximum absolute atomic E-state index is 12.7. The molecule has 1 saturated heterocycles. The van der Waals surface area contributed by atoms with Gasteiger partial charge in [0.15, 0.2) is 0 Å². The number of nitrogens with zero attached hydrogens (tertiary/aromatic N) is 1. The number of hydrogen-bond acceptors (Lipinski definition) is 4. The Morgan fingerprint density at radius 1 is 1.10 bits per heavy atom. The smallest absolute Gasteiger partial charge is 0.338 e. The van der Waals surface area contributed by atoms with Crippen LogP contribution in [-0.2, 0) is 21.5 Å². The molecular weight excluding hydrogens is 382 g/mol. The minimum atomic E-state index is -0.399. The molecule has 0 radical (unpaired) electrons. The van der Waals surface area contributed by atoms with Crippen LogP contribution in [0.3, 0.4) is 0 Å². The number of nitrogens with one attached hydrogen (secondary N) is 2. The van der Waals surface area contributed by atoms with E-state index in [2.05, 4.69) is 16.7 Å². The van der Waals surface area contributed by atoms with Crippen molar-refractivity contribution in [3.05, 3.63) is 65.2 Å². The average molecular weight is 407 g/mol. The second kappa shape index (κ2) is 8.18. The summed E-state index contributed by atoms with van der Waals surface area (Å²) in [6.07, 6.45) is 1.75. The summed E-state index contributed by atoms with van der Waals surface area (Å²) in [7, 11) is 0. The average Bonchev–Trinajstić information content (AvgIpc) is 2.75. The Labute approximate surface area is 175 Å². The van der Waals surface area contributed by atoms with E-state index in [4.69, 9.17) is 4.74 Å². The van der Waals surface area contributed by atoms with Crippen LogP contribution in [0.1, 0.15) is 41.3 Å². The van der Waals surface area contributed by atoms with Crippen LogP contribution >= 0.6 is 0 Å². The summed E-state index contributed by atoms with van der Waals surface area (Å²) in [5.74, 6) is -0.347. The van der Waals surface area contributed by atoms with E-state index in [1.807, 2.05) is 18.2 Å². The predicted octanol–water partition coefficient (Wildman–Crippen LogP) is 3.06. The molecule has 1 spiro atoms. The second-order valence-electron chi connectivity index (χ2n) is 7.68. The van der Waals surface area contributed by atoms with Crippen LogP contribution in [0, 0.1) is 0 Å². The topological polar surface area (TPSA) is 87.7 Å². The van der Waals surface area contributed by atoms with Crippen LogP contribution in [0.4, 0.5) is 10.5 Å². The van der Waals surface area contributed by atoms with E-state index in [9.17, 15) is 14.4 Å². The van der Waals surface area contributed by atoms with Gasteiger partial charge in [-0.25, -0.2) is 9.59 Å². The third kappa shape index (κ3) is 3.87. The van der Waals surface area contributed by atoms with Gasteiger partial charge in [0, 0.05) is 18.8 Å². The first-order chi connectivity index (χ1) is 14.5. The highest BCUT2D eigenvalue weighted by Crippen LogP contribution is 2.37. The zero-order valence-corrected chi connectivity index (χ0v) is 16.9. The van der Waals surface area contributed by atoms with Crippen molar-refractivity contribution in [3.8, 4) is 0 Å². The molecule has 2 N–H and O–H groups in total. The number of piperidine rings is 1. The van der Waals surface area contributed by atoms with Crippen molar-refractivity contribution in [1.29, 1.82) is 0 Å². The first-order valence-electron chi connectivity index (χ1n) is 10.2. The van der Waals surface area contributed by atoms with Crippen LogP contribution in [0.2, 0.25) is 0 Å². The maximum Gasteiger partial charge on any atom is 0.338 e. The van der Waals surface area contributed by atoms with Crippen LogP contribution in [0.5, 0.6) is 0 Å². The number of fused-ring (bicyclic) bond motifs is 2. The summed E-state index contributed by atoms with van der Waals surface area (Å²) in [6, 6.07) is 14.5. The summed E-state index contributed by atoms with van der Waals surface area (Å²) in [5.41, 5.74) is 2.90. The van der Waals surface area contributed by atoms with E-state index in [0.717, 1.165) is 5.56 Å². The summed E-state index contributed by atoms with van der Waals surface area (Å²) in [6.45, 7) is 3.16. The Kier molecular flexibility index (Phi) is 5.44. The lowest BCUT2D eigenvalue weighted by molar-refractivity contribution is -0.124. The Bertz CT molecular complexity index is 963. The van der Waals surface area contributed by atoms with Crippen molar-refractivity contribution >= 4 is 23.6 Å². The number of esters is 1. The SMILES string of the molecule is CCOC(=O)c1ccc(NC(=O)N2CCC3(CC2)NC(=O)Cc2ccccc23)cc1. The molecule has 4 rings (SSSR count). The van der Waals surface area contributed by atoms with E-state index in [0.29, 0.717) is 50.2 Å². The Hall–Kier alpha value is -3.35. The van der Waals surface area contributed by atoms with Crippen LogP contribution < -0.4 is 10.6 Å². The van der Waals surface area contributed by atoms with Crippen molar-refractivity contribution in [2.24, 2.45) is 0 Å². The van der Waals surface area contributed by atoms with Gasteiger partial charge >= 0.3 is 12.0 Å². The number of carbonyl (C=O) groups excluding carboxylic acids is 3. The number of amides is 3. The van der Waals surface area contributed by atoms with Gasteiger partial charge in [-0.1, -0.05) is 24.3 Å². The fourth-order valence-electron chi connectivity index (χ4n) is 4.29. The molecule has 30 heavy (non-hydrogen) atoms. The van der Waals surface area contributed by atoms with Gasteiger partial charge in [0.25, 0.3) is 0 Å². The minimum Gasteiger partial charge on any atom is -0.462 e. The molecule has 0 saturated carbocycles. The molecular formula is C23H25N3O4. The zero-order chi connectivity index (χ0) is 21.1. The highest BCUT2D eigenvalue weighted by Gasteiger charge is 2.42. The van der Waals surface area contributed by atoms with Gasteiger partial charge < -0.3 is 20.3 Å². The molecule has 0 atom stereocenters. The molecule has 1 fully saturated rings. The number of urea groups is 1. The molecule has 2 aromatic rings. The van der Waals surface area contributed by atoms with Gasteiger partial charge in [-0.15, -0.1) is 0 Å². The Morgan fingerprint density at radius 2 is 1.80 bits per heavy atom. The number of rotatable bonds is 3. The van der Waals surface area contributed by atoms with Crippen LogP contribution in [0.15, 0.2) is 48.5 Å². The minimum absolute atomic E-state index is 0.0355. The number of anilines is 1. The number of hydrogen-bond donors (Lipinski definition) is 2. The molecule has 7 heteroatoms. The van der Waals surface area contributed by atoms with Crippen molar-refractivity contribution in [3.63, 3.8) is 0 Å². The Balaban J connectivity index is 1.39. The number of benzene rings is 2. The lowest BCUT2D eigenvalue weighted by atomic mass is 9.76. The van der Waals surface area contributed by atoms with E-state index >= 15 is 0 Å². The monoisotopic (exact) mass is 407 g/mol. The molecule has 2 heterocycles. The first kappa shape index (κ1) is 19.9. The van der Waals surface area contributed by atoms with E-state index in [1.165, 1.54) is 5.56 Å². The van der Waals surface area contributed by atoms with E-state index in [-0.39, 0.29) is 17.9 Å². The third-order valence-corrected chi connectivity index (χ3v) is 5.81. The summed E-state index contributed by atoms with van der Waals surface area (Å²) < 4.78 is 4.97. The fraction of sp³-hybridized carbons (Fsp3) is 0.348. The van der Waals surface area contributed by atoms with Crippen molar-refractivity contribution < 1.29 is 19.1 Å². The van der Waals surface area contributed by atoms with Crippen molar-refractivity contribution in [2.45, 2.75) is 31.7 Å². The quantitative estimate of drug-likeness (QED) is 0.766. The standard InChI is InChI=1S/C23H25N3O4/c1-2-30-21(28)16-7-9-18(10-8-16)24-22(29)26-13-11-23(12-14-26)19-6-4-3-5-17(19)15-20(27)25-23/h3-10H,2,11-15H2,1H3,(H,24,29)(H,25,27). The first-order valence-corrected chi connectivity index (χ1v) is 10.2. The third-order valence-electron chi connectivity index (χ3n) is 5.81. The highest BCUT2D eigenvalue weighted by molar-refractivity contribution is 5.92. The van der Waals surface area contributed by atoms with Gasteiger partial charge in [-0.2, -0.15) is 0 Å². The van der Waals surface area contributed by atoms with E-state index in [1.54, 1.807) is 36.1 Å². The molecule has 7 nitrogen and oxygen atoms in total. The van der Waals surface area contributed by atoms with Gasteiger partial charge in [0.05, 0.1) is 24.1 Å².